The molecular weight excluding hydrogens is 270 g/mol. The Balaban J connectivity index is 2.71. The Hall–Kier alpha value is -1.91. The number of nitrogens with zero attached hydrogens (tertiary/aromatic N) is 1. The van der Waals surface area contributed by atoms with Crippen LogP contribution in [-0.2, 0) is 25.5 Å². The summed E-state index contributed by atoms with van der Waals surface area (Å²) in [5.41, 5.74) is 1.02. The number of carbonyl (C=O) groups is 2. The Morgan fingerprint density at radius 3 is 1.90 bits per heavy atom. The molecule has 116 valence electrons. The van der Waals surface area contributed by atoms with E-state index in [9.17, 15) is 9.59 Å². The van der Waals surface area contributed by atoms with E-state index in [1.807, 2.05) is 12.1 Å². The fourth-order valence-electron chi connectivity index (χ4n) is 1.82. The van der Waals surface area contributed by atoms with Crippen molar-refractivity contribution in [2.45, 2.75) is 52.7 Å². The van der Waals surface area contributed by atoms with Crippen LogP contribution in [0.1, 0.15) is 39.7 Å². The summed E-state index contributed by atoms with van der Waals surface area (Å²) >= 11 is 0. The van der Waals surface area contributed by atoms with E-state index in [2.05, 4.69) is 4.98 Å². The van der Waals surface area contributed by atoms with Crippen LogP contribution in [0.2, 0.25) is 0 Å². The number of pyridine rings is 1. The summed E-state index contributed by atoms with van der Waals surface area (Å²) in [6.07, 6.45) is 3.81. The van der Waals surface area contributed by atoms with Crippen molar-refractivity contribution in [2.75, 3.05) is 0 Å². The molecule has 5 heteroatoms. The maximum atomic E-state index is 12.1. The zero-order valence-corrected chi connectivity index (χ0v) is 13.0. The fraction of sp³-hybridized carbons (Fsp3) is 0.562. The Morgan fingerprint density at radius 2 is 1.48 bits per heavy atom. The third kappa shape index (κ3) is 6.38. The average Bonchev–Trinajstić information content (AvgIpc) is 2.38. The number of esters is 2. The predicted molar refractivity (Wildman–Crippen MR) is 78.5 cm³/mol. The van der Waals surface area contributed by atoms with E-state index < -0.39 is 17.9 Å². The maximum absolute atomic E-state index is 12.1. The van der Waals surface area contributed by atoms with Gasteiger partial charge in [0.05, 0.1) is 12.2 Å². The normalized spacial score (nSPS) is 11.0. The summed E-state index contributed by atoms with van der Waals surface area (Å²) < 4.78 is 10.3. The van der Waals surface area contributed by atoms with Crippen LogP contribution >= 0.6 is 0 Å². The molecule has 5 nitrogen and oxygen atoms in total. The molecule has 1 rings (SSSR count). The molecule has 0 aliphatic heterocycles. The second-order valence-corrected chi connectivity index (χ2v) is 5.42. The standard InChI is InChI=1S/C16H23NO4/c1-11(2)20-15(18)14(16(19)21-12(3)4)6-5-13-7-9-17-10-8-13/h7-12,14H,5-6H2,1-4H3. The van der Waals surface area contributed by atoms with Gasteiger partial charge < -0.3 is 9.47 Å². The molecule has 0 atom stereocenters. The lowest BCUT2D eigenvalue weighted by molar-refractivity contribution is -0.166. The highest BCUT2D eigenvalue weighted by molar-refractivity contribution is 5.95. The number of aromatic nitrogens is 1. The lowest BCUT2D eigenvalue weighted by atomic mass is 10.00. The first-order chi connectivity index (χ1) is 9.90. The van der Waals surface area contributed by atoms with Crippen molar-refractivity contribution < 1.29 is 19.1 Å². The van der Waals surface area contributed by atoms with Gasteiger partial charge in [-0.3, -0.25) is 14.6 Å². The molecule has 0 amide bonds. The minimum atomic E-state index is -0.886. The molecule has 0 N–H and O–H groups in total. The van der Waals surface area contributed by atoms with Crippen molar-refractivity contribution in [3.05, 3.63) is 30.1 Å². The van der Waals surface area contributed by atoms with Crippen molar-refractivity contribution in [2.24, 2.45) is 5.92 Å². The predicted octanol–water partition coefficient (Wildman–Crippen LogP) is 2.53. The van der Waals surface area contributed by atoms with E-state index in [1.54, 1.807) is 40.1 Å². The van der Waals surface area contributed by atoms with Crippen molar-refractivity contribution in [3.8, 4) is 0 Å². The third-order valence-electron chi connectivity index (χ3n) is 2.74. The molecule has 0 saturated heterocycles. The highest BCUT2D eigenvalue weighted by atomic mass is 16.6. The van der Waals surface area contributed by atoms with Gasteiger partial charge in [-0.15, -0.1) is 0 Å². The summed E-state index contributed by atoms with van der Waals surface area (Å²) in [4.78, 5) is 28.1. The Morgan fingerprint density at radius 1 is 1.00 bits per heavy atom. The lowest BCUT2D eigenvalue weighted by Crippen LogP contribution is -2.31. The van der Waals surface area contributed by atoms with Gasteiger partial charge in [0, 0.05) is 12.4 Å². The van der Waals surface area contributed by atoms with Crippen molar-refractivity contribution >= 4 is 11.9 Å². The summed E-state index contributed by atoms with van der Waals surface area (Å²) in [5, 5.41) is 0. The van der Waals surface area contributed by atoms with Crippen LogP contribution in [0.4, 0.5) is 0 Å². The molecular formula is C16H23NO4. The van der Waals surface area contributed by atoms with Crippen LogP contribution < -0.4 is 0 Å². The molecule has 0 bridgehead atoms. The molecule has 1 aromatic heterocycles. The maximum Gasteiger partial charge on any atom is 0.320 e. The molecule has 0 spiro atoms. The zero-order chi connectivity index (χ0) is 15.8. The van der Waals surface area contributed by atoms with Crippen LogP contribution in [-0.4, -0.2) is 29.1 Å². The quantitative estimate of drug-likeness (QED) is 0.571. The number of aryl methyl sites for hydroxylation is 1. The molecule has 0 aromatic carbocycles. The number of carbonyl (C=O) groups excluding carboxylic acids is 2. The number of hydrogen-bond acceptors (Lipinski definition) is 5. The largest absolute Gasteiger partial charge is 0.462 e. The van der Waals surface area contributed by atoms with Crippen LogP contribution in [0, 0.1) is 5.92 Å². The van der Waals surface area contributed by atoms with Crippen molar-refractivity contribution in [1.29, 1.82) is 0 Å². The van der Waals surface area contributed by atoms with Gasteiger partial charge in [0.15, 0.2) is 5.92 Å². The van der Waals surface area contributed by atoms with E-state index in [0.717, 1.165) is 5.56 Å². The van der Waals surface area contributed by atoms with E-state index in [1.165, 1.54) is 0 Å². The van der Waals surface area contributed by atoms with Crippen LogP contribution in [0.15, 0.2) is 24.5 Å². The summed E-state index contributed by atoms with van der Waals surface area (Å²) in [7, 11) is 0. The summed E-state index contributed by atoms with van der Waals surface area (Å²) in [5.74, 6) is -1.93. The van der Waals surface area contributed by atoms with E-state index >= 15 is 0 Å². The van der Waals surface area contributed by atoms with Crippen molar-refractivity contribution in [1.82, 2.24) is 4.98 Å². The Kier molecular flexibility index (Phi) is 6.85. The highest BCUT2D eigenvalue weighted by Crippen LogP contribution is 2.15. The van der Waals surface area contributed by atoms with Gasteiger partial charge in [0.2, 0.25) is 0 Å². The highest BCUT2D eigenvalue weighted by Gasteiger charge is 2.30. The SMILES string of the molecule is CC(C)OC(=O)C(CCc1ccncc1)C(=O)OC(C)C. The molecule has 0 saturated carbocycles. The second-order valence-electron chi connectivity index (χ2n) is 5.42. The van der Waals surface area contributed by atoms with Gasteiger partial charge in [-0.2, -0.15) is 0 Å². The smallest absolute Gasteiger partial charge is 0.320 e. The molecule has 1 aromatic rings. The molecule has 1 heterocycles. The molecule has 0 unspecified atom stereocenters. The average molecular weight is 293 g/mol. The monoisotopic (exact) mass is 293 g/mol. The number of rotatable bonds is 7. The molecule has 0 radical (unpaired) electrons. The topological polar surface area (TPSA) is 65.5 Å². The minimum absolute atomic E-state index is 0.257. The van der Waals surface area contributed by atoms with Gasteiger partial charge in [-0.25, -0.2) is 0 Å². The Labute approximate surface area is 125 Å². The molecule has 0 aliphatic rings. The summed E-state index contributed by atoms with van der Waals surface area (Å²) in [6.45, 7) is 7.02. The number of ether oxygens (including phenoxy) is 2. The first kappa shape index (κ1) is 17.1. The van der Waals surface area contributed by atoms with Gasteiger partial charge in [-0.1, -0.05) is 0 Å². The lowest BCUT2D eigenvalue weighted by Gasteiger charge is -2.18. The molecule has 0 aliphatic carbocycles. The van der Waals surface area contributed by atoms with E-state index in [-0.39, 0.29) is 12.2 Å². The van der Waals surface area contributed by atoms with Crippen molar-refractivity contribution in [3.63, 3.8) is 0 Å². The van der Waals surface area contributed by atoms with Crippen LogP contribution in [0.3, 0.4) is 0 Å². The third-order valence-corrected chi connectivity index (χ3v) is 2.74. The minimum Gasteiger partial charge on any atom is -0.462 e. The van der Waals surface area contributed by atoms with Gasteiger partial charge in [0.25, 0.3) is 0 Å². The van der Waals surface area contributed by atoms with E-state index in [4.69, 9.17) is 9.47 Å². The Bertz CT molecular complexity index is 435. The molecule has 21 heavy (non-hydrogen) atoms. The second kappa shape index (κ2) is 8.39. The molecule has 0 fully saturated rings. The first-order valence-electron chi connectivity index (χ1n) is 7.20. The van der Waals surface area contributed by atoms with E-state index in [0.29, 0.717) is 12.8 Å². The zero-order valence-electron chi connectivity index (χ0n) is 13.0. The van der Waals surface area contributed by atoms with Crippen LogP contribution in [0.5, 0.6) is 0 Å². The number of hydrogen-bond donors (Lipinski definition) is 0. The van der Waals surface area contributed by atoms with Gasteiger partial charge >= 0.3 is 11.9 Å². The fourth-order valence-corrected chi connectivity index (χ4v) is 1.82. The van der Waals surface area contributed by atoms with Gasteiger partial charge in [0.1, 0.15) is 0 Å². The summed E-state index contributed by atoms with van der Waals surface area (Å²) in [6, 6.07) is 3.72. The van der Waals surface area contributed by atoms with Crippen LogP contribution in [0.25, 0.3) is 0 Å². The van der Waals surface area contributed by atoms with Gasteiger partial charge in [-0.05, 0) is 58.2 Å². The first-order valence-corrected chi connectivity index (χ1v) is 7.20.